The van der Waals surface area contributed by atoms with Crippen molar-refractivity contribution in [2.45, 2.75) is 6.92 Å². The van der Waals surface area contributed by atoms with Crippen LogP contribution in [-0.4, -0.2) is 5.78 Å². The third-order valence-electron chi connectivity index (χ3n) is 2.22. The number of benzene rings is 1. The largest absolute Gasteiger partial charge is 0.344 e. The average molecular weight is 315 g/mol. The molecule has 1 aromatic rings. The van der Waals surface area contributed by atoms with Gasteiger partial charge in [0.15, 0.2) is 11.4 Å². The first-order valence-corrected chi connectivity index (χ1v) is 5.84. The van der Waals surface area contributed by atoms with Gasteiger partial charge in [-0.2, -0.15) is 15.8 Å². The first-order valence-electron chi connectivity index (χ1n) is 5.05. The molecule has 0 aliphatic heterocycles. The fraction of sp³-hybridized carbons (Fsp3) is 0.0769. The van der Waals surface area contributed by atoms with Gasteiger partial charge in [0, 0.05) is 10.0 Å². The maximum absolute atomic E-state index is 11.3. The Balaban J connectivity index is 3.27. The average Bonchev–Trinajstić information content (AvgIpc) is 2.40. The number of ketones is 1. The van der Waals surface area contributed by atoms with Crippen molar-refractivity contribution in [1.29, 1.82) is 15.8 Å². The lowest BCUT2D eigenvalue weighted by molar-refractivity contribution is 0.101. The number of nitrogens with one attached hydrogen (secondary N) is 1. The molecule has 0 saturated heterocycles. The van der Waals surface area contributed by atoms with Crippen molar-refractivity contribution in [3.63, 3.8) is 0 Å². The highest BCUT2D eigenvalue weighted by atomic mass is 79.9. The van der Waals surface area contributed by atoms with Crippen LogP contribution in [0.1, 0.15) is 17.3 Å². The summed E-state index contributed by atoms with van der Waals surface area (Å²) in [6.07, 6.45) is 0. The van der Waals surface area contributed by atoms with Gasteiger partial charge in [-0.1, -0.05) is 6.07 Å². The highest BCUT2D eigenvalue weighted by molar-refractivity contribution is 9.10. The summed E-state index contributed by atoms with van der Waals surface area (Å²) < 4.78 is 0.612. The molecule has 0 heterocycles. The second-order valence-corrected chi connectivity index (χ2v) is 4.32. The smallest absolute Gasteiger partial charge is 0.163 e. The molecule has 0 unspecified atom stereocenters. The number of nitrogens with zero attached hydrogens (tertiary/aromatic N) is 3. The van der Waals surface area contributed by atoms with Crippen molar-refractivity contribution in [3.05, 3.63) is 39.5 Å². The Hall–Kier alpha value is -2.62. The summed E-state index contributed by atoms with van der Waals surface area (Å²) in [6.45, 7) is 1.42. The van der Waals surface area contributed by atoms with Crippen LogP contribution in [0.3, 0.4) is 0 Å². The van der Waals surface area contributed by atoms with Crippen molar-refractivity contribution >= 4 is 27.4 Å². The molecule has 0 radical (unpaired) electrons. The van der Waals surface area contributed by atoms with E-state index in [9.17, 15) is 4.79 Å². The normalized spacial score (nSPS) is 8.58. The van der Waals surface area contributed by atoms with Crippen LogP contribution in [0.5, 0.6) is 0 Å². The lowest BCUT2D eigenvalue weighted by atomic mass is 10.1. The number of hydrogen-bond acceptors (Lipinski definition) is 5. The molecule has 0 fully saturated rings. The van der Waals surface area contributed by atoms with Crippen molar-refractivity contribution in [2.75, 3.05) is 5.32 Å². The van der Waals surface area contributed by atoms with E-state index in [4.69, 9.17) is 15.8 Å². The van der Waals surface area contributed by atoms with Crippen LogP contribution >= 0.6 is 15.9 Å². The molecule has 0 spiro atoms. The molecule has 6 heteroatoms. The minimum absolute atomic E-state index is 0.126. The van der Waals surface area contributed by atoms with Crippen molar-refractivity contribution in [3.8, 4) is 18.2 Å². The molecule has 0 aliphatic rings. The summed E-state index contributed by atoms with van der Waals surface area (Å²) >= 11 is 3.26. The highest BCUT2D eigenvalue weighted by Crippen LogP contribution is 2.25. The number of Topliss-reactive ketones (excluding diaryl/α,β-unsaturated/α-hetero) is 1. The first kappa shape index (κ1) is 14.4. The Kier molecular flexibility index (Phi) is 4.83. The zero-order valence-corrected chi connectivity index (χ0v) is 11.4. The van der Waals surface area contributed by atoms with E-state index < -0.39 is 0 Å². The Morgan fingerprint density at radius 2 is 1.84 bits per heavy atom. The van der Waals surface area contributed by atoms with Gasteiger partial charge in [-0.3, -0.25) is 4.79 Å². The Morgan fingerprint density at radius 1 is 1.21 bits per heavy atom. The minimum Gasteiger partial charge on any atom is -0.344 e. The topological polar surface area (TPSA) is 100 Å². The highest BCUT2D eigenvalue weighted by Gasteiger charge is 2.10. The number of anilines is 1. The van der Waals surface area contributed by atoms with E-state index in [1.807, 2.05) is 0 Å². The third kappa shape index (κ3) is 3.42. The van der Waals surface area contributed by atoms with E-state index in [0.29, 0.717) is 15.7 Å². The lowest BCUT2D eigenvalue weighted by Crippen LogP contribution is -2.03. The van der Waals surface area contributed by atoms with Gasteiger partial charge in [0.25, 0.3) is 0 Å². The molecule has 1 rings (SSSR count). The summed E-state index contributed by atoms with van der Waals surface area (Å²) in [7, 11) is 0. The van der Waals surface area contributed by atoms with Gasteiger partial charge >= 0.3 is 0 Å². The SMILES string of the molecule is CC(=O)c1ccc(Br)c(NC(C#N)=C(C#N)C#N)c1. The number of allylic oxidation sites excluding steroid dienone is 2. The van der Waals surface area contributed by atoms with Crippen LogP contribution in [0.4, 0.5) is 5.69 Å². The van der Waals surface area contributed by atoms with Crippen LogP contribution < -0.4 is 5.32 Å². The van der Waals surface area contributed by atoms with Gasteiger partial charge in [-0.25, -0.2) is 0 Å². The number of hydrogen-bond donors (Lipinski definition) is 1. The molecule has 5 nitrogen and oxygen atoms in total. The fourth-order valence-corrected chi connectivity index (χ4v) is 1.60. The van der Waals surface area contributed by atoms with Gasteiger partial charge in [0.05, 0.1) is 5.69 Å². The van der Waals surface area contributed by atoms with Gasteiger partial charge < -0.3 is 5.32 Å². The summed E-state index contributed by atoms with van der Waals surface area (Å²) in [5, 5.41) is 29.1. The summed E-state index contributed by atoms with van der Waals surface area (Å²) in [5.74, 6) is -0.126. The van der Waals surface area contributed by atoms with Gasteiger partial charge in [0.1, 0.15) is 23.9 Å². The molecular formula is C13H7BrN4O. The quantitative estimate of drug-likeness (QED) is 0.682. The summed E-state index contributed by atoms with van der Waals surface area (Å²) in [4.78, 5) is 11.3. The molecule has 0 aromatic heterocycles. The second kappa shape index (κ2) is 6.35. The summed E-state index contributed by atoms with van der Waals surface area (Å²) in [5.41, 5.74) is 0.416. The van der Waals surface area contributed by atoms with Crippen LogP contribution in [0.2, 0.25) is 0 Å². The fourth-order valence-electron chi connectivity index (χ4n) is 1.26. The molecule has 1 N–H and O–H groups in total. The third-order valence-corrected chi connectivity index (χ3v) is 2.91. The van der Waals surface area contributed by atoms with Gasteiger partial charge in [-0.15, -0.1) is 0 Å². The molecule has 0 atom stereocenters. The molecule has 92 valence electrons. The van der Waals surface area contributed by atoms with Gasteiger partial charge in [0.2, 0.25) is 0 Å². The van der Waals surface area contributed by atoms with E-state index in [2.05, 4.69) is 21.2 Å². The first-order chi connectivity index (χ1) is 9.03. The molecule has 0 bridgehead atoms. The Bertz CT molecular complexity index is 670. The number of halogens is 1. The molecule has 1 aromatic carbocycles. The maximum Gasteiger partial charge on any atom is 0.163 e. The van der Waals surface area contributed by atoms with Crippen molar-refractivity contribution in [2.24, 2.45) is 0 Å². The Morgan fingerprint density at radius 3 is 2.32 bits per heavy atom. The predicted octanol–water partition coefficient (Wildman–Crippen LogP) is 2.89. The second-order valence-electron chi connectivity index (χ2n) is 3.46. The number of rotatable bonds is 3. The maximum atomic E-state index is 11.3. The Labute approximate surface area is 118 Å². The van der Waals surface area contributed by atoms with Crippen molar-refractivity contribution < 1.29 is 4.79 Å². The zero-order chi connectivity index (χ0) is 14.4. The number of nitriles is 3. The van der Waals surface area contributed by atoms with Crippen LogP contribution in [0.25, 0.3) is 0 Å². The zero-order valence-electron chi connectivity index (χ0n) is 9.86. The van der Waals surface area contributed by atoms with E-state index >= 15 is 0 Å². The molecule has 0 aliphatic carbocycles. The predicted molar refractivity (Wildman–Crippen MR) is 71.6 cm³/mol. The number of carbonyl (C=O) groups excluding carboxylic acids is 1. The number of carbonyl (C=O) groups is 1. The van der Waals surface area contributed by atoms with E-state index in [1.165, 1.54) is 13.0 Å². The van der Waals surface area contributed by atoms with Crippen LogP contribution in [-0.2, 0) is 0 Å². The molecule has 0 saturated carbocycles. The monoisotopic (exact) mass is 314 g/mol. The van der Waals surface area contributed by atoms with Gasteiger partial charge in [-0.05, 0) is 35.0 Å². The molecule has 0 amide bonds. The molecule has 19 heavy (non-hydrogen) atoms. The van der Waals surface area contributed by atoms with Crippen LogP contribution in [0, 0.1) is 34.0 Å². The standard InChI is InChI=1S/C13H7BrN4O/c1-8(19)9-2-3-11(14)12(4-9)18-13(7-17)10(5-15)6-16/h2-4,18H,1H3. The lowest BCUT2D eigenvalue weighted by Gasteiger charge is -2.08. The minimum atomic E-state index is -0.317. The van der Waals surface area contributed by atoms with E-state index in [0.717, 1.165) is 0 Å². The van der Waals surface area contributed by atoms with Crippen LogP contribution in [0.15, 0.2) is 33.9 Å². The summed E-state index contributed by atoms with van der Waals surface area (Å²) in [6, 6.07) is 9.82. The molecular weight excluding hydrogens is 308 g/mol. The van der Waals surface area contributed by atoms with E-state index in [-0.39, 0.29) is 17.1 Å². The van der Waals surface area contributed by atoms with Crippen molar-refractivity contribution in [1.82, 2.24) is 0 Å². The van der Waals surface area contributed by atoms with E-state index in [1.54, 1.807) is 30.3 Å².